The Kier molecular flexibility index (Phi) is 6.46. The van der Waals surface area contributed by atoms with Crippen LogP contribution in [0.5, 0.6) is 0 Å². The van der Waals surface area contributed by atoms with Crippen LogP contribution in [0, 0.1) is 0 Å². The van der Waals surface area contributed by atoms with Crippen LogP contribution in [0.2, 0.25) is 0 Å². The Bertz CT molecular complexity index is 807. The first kappa shape index (κ1) is 19.6. The first-order valence-corrected chi connectivity index (χ1v) is 8.11. The average Bonchev–Trinajstić information content (AvgIpc) is 2.65. The number of ether oxygens (including phenoxy) is 2. The Morgan fingerprint density at radius 1 is 1.38 bits per heavy atom. The number of hydrogen-bond donors (Lipinski definition) is 0. The van der Waals surface area contributed by atoms with E-state index in [2.05, 4.69) is 9.97 Å². The molecule has 26 heavy (non-hydrogen) atoms. The highest BCUT2D eigenvalue weighted by Gasteiger charge is 2.33. The Labute approximate surface area is 152 Å². The summed E-state index contributed by atoms with van der Waals surface area (Å²) in [5, 5.41) is 0. The van der Waals surface area contributed by atoms with Crippen LogP contribution < -0.4 is 10.5 Å². The maximum Gasteiger partial charge on any atom is 0.331 e. The summed E-state index contributed by atoms with van der Waals surface area (Å²) in [5.41, 5.74) is 1.12. The third-order valence-electron chi connectivity index (χ3n) is 4.03. The van der Waals surface area contributed by atoms with Gasteiger partial charge < -0.3 is 14.4 Å². The zero-order chi connectivity index (χ0) is 17.8. The van der Waals surface area contributed by atoms with Gasteiger partial charge in [-0.3, -0.25) is 14.3 Å². The molecule has 0 aliphatic carbocycles. The predicted molar refractivity (Wildman–Crippen MR) is 98.0 cm³/mol. The molecular weight excluding hydrogens is 336 g/mol. The molecule has 2 aromatic rings. The highest BCUT2D eigenvalue weighted by Crippen LogP contribution is 2.21. The summed E-state index contributed by atoms with van der Waals surface area (Å²) in [7, 11) is 1.64. The van der Waals surface area contributed by atoms with Crippen molar-refractivity contribution in [3.05, 3.63) is 40.9 Å². The maximum absolute atomic E-state index is 12.4. The van der Waals surface area contributed by atoms with Crippen LogP contribution in [0.25, 0.3) is 11.3 Å². The van der Waals surface area contributed by atoms with Crippen LogP contribution >= 0.6 is 0 Å². The van der Waals surface area contributed by atoms with Crippen molar-refractivity contribution < 1.29 is 14.3 Å². The minimum atomic E-state index is -0.625. The van der Waals surface area contributed by atoms with Crippen molar-refractivity contribution in [3.63, 3.8) is 0 Å². The Morgan fingerprint density at radius 2 is 2.12 bits per heavy atom. The lowest BCUT2D eigenvalue weighted by Crippen LogP contribution is -2.52. The molecule has 0 amide bonds. The summed E-state index contributed by atoms with van der Waals surface area (Å²) in [4.78, 5) is 35.0. The Morgan fingerprint density at radius 3 is 2.81 bits per heavy atom. The second-order valence-electron chi connectivity index (χ2n) is 5.61. The summed E-state index contributed by atoms with van der Waals surface area (Å²) < 4.78 is 12.0. The number of rotatable bonds is 4. The lowest BCUT2D eigenvalue weighted by Gasteiger charge is -2.35. The summed E-state index contributed by atoms with van der Waals surface area (Å²) >= 11 is 0. The highest BCUT2D eigenvalue weighted by atomic mass is 16.5. The molecule has 140 valence electrons. The Balaban J connectivity index is 0.00000243. The van der Waals surface area contributed by atoms with Gasteiger partial charge in [0.05, 0.1) is 25.5 Å². The number of anilines is 1. The molecule has 0 saturated carbocycles. The first-order chi connectivity index (χ1) is 12.1. The van der Waals surface area contributed by atoms with Crippen molar-refractivity contribution in [2.24, 2.45) is 7.05 Å². The molecule has 0 N–H and O–H groups in total. The molecule has 1 unspecified atom stereocenters. The number of carbonyl (C=O) groups is 1. The summed E-state index contributed by atoms with van der Waals surface area (Å²) in [6, 6.07) is 4.42. The van der Waals surface area contributed by atoms with E-state index in [0.717, 1.165) is 5.56 Å². The van der Waals surface area contributed by atoms with Crippen LogP contribution in [-0.2, 0) is 21.3 Å². The largest absolute Gasteiger partial charge is 0.464 e. The van der Waals surface area contributed by atoms with Gasteiger partial charge in [-0.2, -0.15) is 0 Å². The van der Waals surface area contributed by atoms with E-state index in [4.69, 9.17) is 9.47 Å². The van der Waals surface area contributed by atoms with Crippen LogP contribution in [0.4, 0.5) is 5.95 Å². The average molecular weight is 360 g/mol. The van der Waals surface area contributed by atoms with Crippen LogP contribution in [0.1, 0.15) is 14.4 Å². The van der Waals surface area contributed by atoms with Gasteiger partial charge in [0.1, 0.15) is 0 Å². The molecule has 0 radical (unpaired) electrons. The molecule has 0 aromatic carbocycles. The molecule has 1 aliphatic rings. The van der Waals surface area contributed by atoms with E-state index >= 15 is 0 Å². The summed E-state index contributed by atoms with van der Waals surface area (Å²) in [5.74, 6) is 0.0337. The molecule has 3 rings (SSSR count). The van der Waals surface area contributed by atoms with E-state index < -0.39 is 6.04 Å². The number of pyridine rings is 1. The molecule has 8 heteroatoms. The molecule has 1 aliphatic heterocycles. The number of aromatic nitrogens is 3. The minimum absolute atomic E-state index is 0. The molecule has 0 spiro atoms. The zero-order valence-electron chi connectivity index (χ0n) is 14.2. The molecule has 0 bridgehead atoms. The molecule has 1 fully saturated rings. The monoisotopic (exact) mass is 360 g/mol. The highest BCUT2D eigenvalue weighted by molar-refractivity contribution is 5.80. The second kappa shape index (κ2) is 8.57. The number of hydrogen-bond acceptors (Lipinski definition) is 7. The van der Waals surface area contributed by atoms with E-state index in [1.807, 2.05) is 0 Å². The van der Waals surface area contributed by atoms with Crippen molar-refractivity contribution in [2.45, 2.75) is 20.4 Å². The number of esters is 1. The van der Waals surface area contributed by atoms with E-state index in [9.17, 15) is 9.59 Å². The maximum atomic E-state index is 12.4. The van der Waals surface area contributed by atoms with Gasteiger partial charge in [0.25, 0.3) is 5.56 Å². The summed E-state index contributed by atoms with van der Waals surface area (Å²) in [6.45, 7) is 3.14. The quantitative estimate of drug-likeness (QED) is 0.758. The molecule has 1 atom stereocenters. The van der Waals surface area contributed by atoms with Gasteiger partial charge >= 0.3 is 5.97 Å². The van der Waals surface area contributed by atoms with E-state index in [1.54, 1.807) is 43.4 Å². The normalized spacial score (nSPS) is 16.7. The standard InChI is InChI=1S/C17H20N4O4.CH4/c1-3-25-16(23)14-11-24-9-8-21(14)17-19-13(10-15(22)20(17)2)12-4-6-18-7-5-12;/h4-7,10,14H,3,8-9,11H2,1-2H3;1H4. The lowest BCUT2D eigenvalue weighted by molar-refractivity contribution is -0.147. The minimum Gasteiger partial charge on any atom is -0.464 e. The number of carbonyl (C=O) groups excluding carboxylic acids is 1. The Hall–Kier alpha value is -2.74. The third kappa shape index (κ3) is 3.91. The van der Waals surface area contributed by atoms with E-state index in [-0.39, 0.29) is 32.2 Å². The smallest absolute Gasteiger partial charge is 0.331 e. The van der Waals surface area contributed by atoms with Crippen molar-refractivity contribution in [3.8, 4) is 11.3 Å². The second-order valence-corrected chi connectivity index (χ2v) is 5.61. The van der Waals surface area contributed by atoms with Gasteiger partial charge in [-0.15, -0.1) is 0 Å². The summed E-state index contributed by atoms with van der Waals surface area (Å²) in [6.07, 6.45) is 3.29. The molecule has 1 saturated heterocycles. The molecular formula is C18H24N4O4. The molecule has 8 nitrogen and oxygen atoms in total. The van der Waals surface area contributed by atoms with Crippen molar-refractivity contribution in [2.75, 3.05) is 31.3 Å². The fourth-order valence-corrected chi connectivity index (χ4v) is 2.73. The van der Waals surface area contributed by atoms with Crippen molar-refractivity contribution in [1.82, 2.24) is 14.5 Å². The number of nitrogens with zero attached hydrogens (tertiary/aromatic N) is 4. The lowest BCUT2D eigenvalue weighted by atomic mass is 10.2. The fraction of sp³-hybridized carbons (Fsp3) is 0.444. The van der Waals surface area contributed by atoms with Gasteiger partial charge in [-0.1, -0.05) is 7.43 Å². The van der Waals surface area contributed by atoms with E-state index in [1.165, 1.54) is 10.6 Å². The van der Waals surface area contributed by atoms with Crippen LogP contribution in [0.15, 0.2) is 35.4 Å². The molecule has 3 heterocycles. The van der Waals surface area contributed by atoms with Gasteiger partial charge in [-0.25, -0.2) is 9.78 Å². The van der Waals surface area contributed by atoms with Crippen LogP contribution in [0.3, 0.4) is 0 Å². The molecule has 2 aromatic heterocycles. The topological polar surface area (TPSA) is 86.6 Å². The zero-order valence-corrected chi connectivity index (χ0v) is 14.2. The van der Waals surface area contributed by atoms with Gasteiger partial charge in [0.2, 0.25) is 5.95 Å². The SMILES string of the molecule is C.CCOC(=O)C1COCCN1c1nc(-c2ccncc2)cc(=O)n1C. The van der Waals surface area contributed by atoms with Crippen molar-refractivity contribution in [1.29, 1.82) is 0 Å². The fourth-order valence-electron chi connectivity index (χ4n) is 2.73. The van der Waals surface area contributed by atoms with Crippen LogP contribution in [-0.4, -0.2) is 52.9 Å². The van der Waals surface area contributed by atoms with E-state index in [0.29, 0.717) is 24.8 Å². The van der Waals surface area contributed by atoms with Gasteiger partial charge in [0.15, 0.2) is 6.04 Å². The third-order valence-corrected chi connectivity index (χ3v) is 4.03. The van der Waals surface area contributed by atoms with Crippen molar-refractivity contribution >= 4 is 11.9 Å². The van der Waals surface area contributed by atoms with Gasteiger partial charge in [0, 0.05) is 37.6 Å². The van der Waals surface area contributed by atoms with Gasteiger partial charge in [-0.05, 0) is 19.1 Å². The number of morpholine rings is 1. The first-order valence-electron chi connectivity index (χ1n) is 8.11. The predicted octanol–water partition coefficient (Wildman–Crippen LogP) is 1.25.